The Balaban J connectivity index is 1.96. The Morgan fingerprint density at radius 3 is 2.59 bits per heavy atom. The van der Waals surface area contributed by atoms with E-state index in [4.69, 9.17) is 10.5 Å². The molecule has 0 aromatic heterocycles. The summed E-state index contributed by atoms with van der Waals surface area (Å²) in [6.07, 6.45) is 5.34. The maximum absolute atomic E-state index is 6.04. The fourth-order valence-electron chi connectivity index (χ4n) is 2.41. The molecule has 1 aliphatic rings. The van der Waals surface area contributed by atoms with Gasteiger partial charge in [-0.2, -0.15) is 0 Å². The van der Waals surface area contributed by atoms with Crippen LogP contribution in [0.2, 0.25) is 0 Å². The molecule has 0 heterocycles. The Labute approximate surface area is 104 Å². The first kappa shape index (κ1) is 12.4. The summed E-state index contributed by atoms with van der Waals surface area (Å²) in [4.78, 5) is 0. The second-order valence-corrected chi connectivity index (χ2v) is 5.36. The van der Waals surface area contributed by atoms with E-state index < -0.39 is 0 Å². The van der Waals surface area contributed by atoms with Crippen LogP contribution in [0.5, 0.6) is 5.75 Å². The second kappa shape index (κ2) is 5.54. The van der Waals surface area contributed by atoms with Gasteiger partial charge in [0.15, 0.2) is 0 Å². The topological polar surface area (TPSA) is 35.2 Å². The van der Waals surface area contributed by atoms with Crippen LogP contribution in [0.3, 0.4) is 0 Å². The second-order valence-electron chi connectivity index (χ2n) is 5.36. The molecule has 2 nitrogen and oxygen atoms in total. The number of benzene rings is 1. The largest absolute Gasteiger partial charge is 0.490 e. The summed E-state index contributed by atoms with van der Waals surface area (Å²) in [5, 5.41) is 0. The lowest BCUT2D eigenvalue weighted by atomic mass is 9.89. The zero-order chi connectivity index (χ0) is 12.3. The molecule has 2 N–H and O–H groups in total. The van der Waals surface area contributed by atoms with Gasteiger partial charge in [-0.15, -0.1) is 0 Å². The predicted molar refractivity (Wildman–Crippen MR) is 71.1 cm³/mol. The van der Waals surface area contributed by atoms with Crippen molar-refractivity contribution in [2.75, 3.05) is 0 Å². The normalized spacial score (nSPS) is 26.5. The summed E-state index contributed by atoms with van der Waals surface area (Å²) in [6, 6.07) is 8.26. The average Bonchev–Trinajstić information content (AvgIpc) is 2.32. The molecule has 0 amide bonds. The third kappa shape index (κ3) is 3.47. The highest BCUT2D eigenvalue weighted by atomic mass is 16.5. The molecular weight excluding hydrogens is 210 g/mol. The van der Waals surface area contributed by atoms with E-state index in [1.54, 1.807) is 0 Å². The van der Waals surface area contributed by atoms with Gasteiger partial charge < -0.3 is 10.5 Å². The van der Waals surface area contributed by atoms with Gasteiger partial charge in [-0.1, -0.05) is 19.1 Å². The summed E-state index contributed by atoms with van der Waals surface area (Å²) < 4.78 is 6.04. The minimum Gasteiger partial charge on any atom is -0.490 e. The van der Waals surface area contributed by atoms with E-state index in [1.165, 1.54) is 25.7 Å². The first-order valence-corrected chi connectivity index (χ1v) is 6.67. The molecule has 1 aromatic carbocycles. The lowest BCUT2D eigenvalue weighted by molar-refractivity contribution is 0.135. The van der Waals surface area contributed by atoms with Crippen molar-refractivity contribution >= 4 is 0 Å². The van der Waals surface area contributed by atoms with Gasteiger partial charge >= 0.3 is 0 Å². The third-order valence-electron chi connectivity index (χ3n) is 3.65. The first-order valence-electron chi connectivity index (χ1n) is 6.67. The van der Waals surface area contributed by atoms with Crippen molar-refractivity contribution in [2.24, 2.45) is 11.7 Å². The molecule has 0 aliphatic heterocycles. The molecule has 1 atom stereocenters. The van der Waals surface area contributed by atoms with Crippen molar-refractivity contribution in [3.8, 4) is 5.75 Å². The van der Waals surface area contributed by atoms with Crippen LogP contribution < -0.4 is 10.5 Å². The highest BCUT2D eigenvalue weighted by molar-refractivity contribution is 5.30. The van der Waals surface area contributed by atoms with Gasteiger partial charge in [0.25, 0.3) is 0 Å². The van der Waals surface area contributed by atoms with Crippen LogP contribution in [0.1, 0.15) is 51.1 Å². The molecule has 1 unspecified atom stereocenters. The lowest BCUT2D eigenvalue weighted by Crippen LogP contribution is -2.23. The van der Waals surface area contributed by atoms with Gasteiger partial charge in [0.05, 0.1) is 6.10 Å². The van der Waals surface area contributed by atoms with Gasteiger partial charge in [0.2, 0.25) is 0 Å². The van der Waals surface area contributed by atoms with Crippen LogP contribution in [0.25, 0.3) is 0 Å². The van der Waals surface area contributed by atoms with Gasteiger partial charge in [0.1, 0.15) is 5.75 Å². The van der Waals surface area contributed by atoms with E-state index in [2.05, 4.69) is 19.1 Å². The SMILES string of the molecule is CC1CCC(Oc2cccc(C(C)N)c2)CC1. The molecule has 1 aromatic rings. The molecule has 2 rings (SSSR count). The van der Waals surface area contributed by atoms with E-state index in [-0.39, 0.29) is 6.04 Å². The van der Waals surface area contributed by atoms with Gasteiger partial charge in [0, 0.05) is 6.04 Å². The van der Waals surface area contributed by atoms with E-state index in [0.29, 0.717) is 6.10 Å². The first-order chi connectivity index (χ1) is 8.15. The fraction of sp³-hybridized carbons (Fsp3) is 0.600. The van der Waals surface area contributed by atoms with Crippen molar-refractivity contribution in [2.45, 2.75) is 51.7 Å². The molecule has 0 bridgehead atoms. The summed E-state index contributed by atoms with van der Waals surface area (Å²) in [5.74, 6) is 1.84. The Morgan fingerprint density at radius 1 is 1.24 bits per heavy atom. The van der Waals surface area contributed by atoms with Crippen LogP contribution in [-0.4, -0.2) is 6.10 Å². The maximum Gasteiger partial charge on any atom is 0.120 e. The minimum absolute atomic E-state index is 0.0740. The Hall–Kier alpha value is -1.02. The molecule has 0 saturated heterocycles. The van der Waals surface area contributed by atoms with Crippen molar-refractivity contribution in [3.05, 3.63) is 29.8 Å². The predicted octanol–water partition coefficient (Wildman–Crippen LogP) is 3.66. The number of nitrogens with two attached hydrogens (primary N) is 1. The molecule has 1 saturated carbocycles. The number of hydrogen-bond acceptors (Lipinski definition) is 2. The zero-order valence-corrected chi connectivity index (χ0v) is 10.9. The molecular formula is C15H23NO. The van der Waals surface area contributed by atoms with Gasteiger partial charge in [-0.25, -0.2) is 0 Å². The average molecular weight is 233 g/mol. The third-order valence-corrected chi connectivity index (χ3v) is 3.65. The van der Waals surface area contributed by atoms with E-state index in [0.717, 1.165) is 17.2 Å². The molecule has 1 fully saturated rings. The van der Waals surface area contributed by atoms with Crippen molar-refractivity contribution in [1.82, 2.24) is 0 Å². The maximum atomic E-state index is 6.04. The van der Waals surface area contributed by atoms with Crippen LogP contribution in [-0.2, 0) is 0 Å². The van der Waals surface area contributed by atoms with Crippen molar-refractivity contribution in [1.29, 1.82) is 0 Å². The Kier molecular flexibility index (Phi) is 4.06. The van der Waals surface area contributed by atoms with E-state index >= 15 is 0 Å². The zero-order valence-electron chi connectivity index (χ0n) is 10.9. The summed E-state index contributed by atoms with van der Waals surface area (Å²) >= 11 is 0. The van der Waals surface area contributed by atoms with Crippen molar-refractivity contribution in [3.63, 3.8) is 0 Å². The monoisotopic (exact) mass is 233 g/mol. The summed E-state index contributed by atoms with van der Waals surface area (Å²) in [5.41, 5.74) is 7.02. The van der Waals surface area contributed by atoms with E-state index in [9.17, 15) is 0 Å². The Bertz CT molecular complexity index is 354. The Morgan fingerprint density at radius 2 is 1.94 bits per heavy atom. The molecule has 1 aliphatic carbocycles. The molecule has 17 heavy (non-hydrogen) atoms. The molecule has 0 radical (unpaired) electrons. The quantitative estimate of drug-likeness (QED) is 0.864. The number of hydrogen-bond donors (Lipinski definition) is 1. The highest BCUT2D eigenvalue weighted by Gasteiger charge is 2.19. The van der Waals surface area contributed by atoms with E-state index in [1.807, 2.05) is 19.1 Å². The lowest BCUT2D eigenvalue weighted by Gasteiger charge is -2.27. The fourth-order valence-corrected chi connectivity index (χ4v) is 2.41. The van der Waals surface area contributed by atoms with Gasteiger partial charge in [-0.05, 0) is 56.2 Å². The van der Waals surface area contributed by atoms with Gasteiger partial charge in [-0.3, -0.25) is 0 Å². The van der Waals surface area contributed by atoms with Crippen LogP contribution in [0.4, 0.5) is 0 Å². The van der Waals surface area contributed by atoms with Crippen LogP contribution in [0.15, 0.2) is 24.3 Å². The van der Waals surface area contributed by atoms with Crippen molar-refractivity contribution < 1.29 is 4.74 Å². The number of rotatable bonds is 3. The van der Waals surface area contributed by atoms with Crippen LogP contribution >= 0.6 is 0 Å². The standard InChI is InChI=1S/C15H23NO/c1-11-6-8-14(9-7-11)17-15-5-3-4-13(10-15)12(2)16/h3-5,10-12,14H,6-9,16H2,1-2H3. The molecule has 0 spiro atoms. The highest BCUT2D eigenvalue weighted by Crippen LogP contribution is 2.27. The summed E-state index contributed by atoms with van der Waals surface area (Å²) in [6.45, 7) is 4.33. The number of ether oxygens (including phenoxy) is 1. The minimum atomic E-state index is 0.0740. The summed E-state index contributed by atoms with van der Waals surface area (Å²) in [7, 11) is 0. The van der Waals surface area contributed by atoms with Crippen LogP contribution in [0, 0.1) is 5.92 Å². The smallest absolute Gasteiger partial charge is 0.120 e. The molecule has 2 heteroatoms. The molecule has 94 valence electrons.